The second-order valence-electron chi connectivity index (χ2n) is 5.05. The lowest BCUT2D eigenvalue weighted by molar-refractivity contribution is 0.0993. The Morgan fingerprint density at radius 2 is 2.15 bits per heavy atom. The van der Waals surface area contributed by atoms with E-state index in [-0.39, 0.29) is 11.0 Å². The number of ketones is 1. The number of tetrazole rings is 1. The Kier molecular flexibility index (Phi) is 3.56. The molecule has 20 heavy (non-hydrogen) atoms. The van der Waals surface area contributed by atoms with Crippen LogP contribution in [0.15, 0.2) is 23.4 Å². The number of hydrogen-bond donors (Lipinski definition) is 0. The number of Topliss-reactive ketones (excluding diaryl/α,β-unsaturated/α-hetero) is 1. The normalized spacial score (nSPS) is 15.1. The largest absolute Gasteiger partial charge is 0.293 e. The summed E-state index contributed by atoms with van der Waals surface area (Å²) in [6, 6.07) is 6.09. The van der Waals surface area contributed by atoms with Crippen molar-refractivity contribution in [2.75, 3.05) is 0 Å². The number of benzene rings is 1. The van der Waals surface area contributed by atoms with Crippen LogP contribution in [0.25, 0.3) is 0 Å². The molecule has 3 rings (SSSR count). The second kappa shape index (κ2) is 5.36. The first-order valence-electron chi connectivity index (χ1n) is 6.70. The van der Waals surface area contributed by atoms with E-state index in [0.29, 0.717) is 5.16 Å². The van der Waals surface area contributed by atoms with E-state index >= 15 is 0 Å². The van der Waals surface area contributed by atoms with Gasteiger partial charge in [0.05, 0.1) is 5.25 Å². The van der Waals surface area contributed by atoms with Gasteiger partial charge in [-0.3, -0.25) is 4.79 Å². The topological polar surface area (TPSA) is 60.7 Å². The van der Waals surface area contributed by atoms with Crippen molar-refractivity contribution in [3.05, 3.63) is 34.9 Å². The fourth-order valence-electron chi connectivity index (χ4n) is 2.49. The van der Waals surface area contributed by atoms with Crippen LogP contribution < -0.4 is 0 Å². The van der Waals surface area contributed by atoms with Gasteiger partial charge in [0.1, 0.15) is 0 Å². The van der Waals surface area contributed by atoms with E-state index in [4.69, 9.17) is 0 Å². The van der Waals surface area contributed by atoms with Crippen LogP contribution in [-0.2, 0) is 19.9 Å². The Bertz CT molecular complexity index is 652. The van der Waals surface area contributed by atoms with E-state index in [9.17, 15) is 4.79 Å². The Morgan fingerprint density at radius 1 is 1.35 bits per heavy atom. The average molecular weight is 288 g/mol. The average Bonchev–Trinajstić information content (AvgIpc) is 3.06. The molecule has 0 amide bonds. The third-order valence-corrected chi connectivity index (χ3v) is 4.74. The minimum absolute atomic E-state index is 0.132. The fourth-order valence-corrected chi connectivity index (χ4v) is 3.32. The molecule has 5 nitrogen and oxygen atoms in total. The minimum atomic E-state index is -0.195. The Morgan fingerprint density at radius 3 is 2.90 bits per heavy atom. The Hall–Kier alpha value is -1.69. The lowest BCUT2D eigenvalue weighted by Crippen LogP contribution is -2.14. The van der Waals surface area contributed by atoms with E-state index in [1.807, 2.05) is 13.0 Å². The van der Waals surface area contributed by atoms with E-state index in [0.717, 1.165) is 18.4 Å². The molecule has 0 aliphatic heterocycles. The maximum Gasteiger partial charge on any atom is 0.209 e. The van der Waals surface area contributed by atoms with Crippen molar-refractivity contribution in [2.24, 2.45) is 7.05 Å². The van der Waals surface area contributed by atoms with Gasteiger partial charge in [-0.15, -0.1) is 5.10 Å². The van der Waals surface area contributed by atoms with Crippen molar-refractivity contribution in [1.29, 1.82) is 0 Å². The molecule has 0 saturated heterocycles. The molecule has 0 N–H and O–H groups in total. The molecule has 2 aromatic rings. The predicted molar refractivity (Wildman–Crippen MR) is 76.9 cm³/mol. The monoisotopic (exact) mass is 288 g/mol. The maximum absolute atomic E-state index is 12.5. The van der Waals surface area contributed by atoms with Crippen molar-refractivity contribution in [1.82, 2.24) is 20.2 Å². The lowest BCUT2D eigenvalue weighted by atomic mass is 10.0. The molecule has 104 valence electrons. The quantitative estimate of drug-likeness (QED) is 0.636. The highest BCUT2D eigenvalue weighted by Crippen LogP contribution is 2.26. The zero-order valence-corrected chi connectivity index (χ0v) is 12.4. The smallest absolute Gasteiger partial charge is 0.209 e. The summed E-state index contributed by atoms with van der Waals surface area (Å²) in [7, 11) is 1.77. The van der Waals surface area contributed by atoms with E-state index < -0.39 is 0 Å². The SMILES string of the molecule is C[C@H](Sc1nnnn1C)C(=O)c1ccc2c(c1)CCC2. The summed E-state index contributed by atoms with van der Waals surface area (Å²) < 4.78 is 1.58. The number of thioether (sulfide) groups is 1. The molecule has 1 atom stereocenters. The van der Waals surface area contributed by atoms with Gasteiger partial charge < -0.3 is 0 Å². The van der Waals surface area contributed by atoms with Crippen LogP contribution in [0.2, 0.25) is 0 Å². The van der Waals surface area contributed by atoms with Crippen LogP contribution in [0.5, 0.6) is 0 Å². The van der Waals surface area contributed by atoms with Crippen molar-refractivity contribution >= 4 is 17.5 Å². The number of aryl methyl sites for hydroxylation is 3. The number of rotatable bonds is 4. The number of carbonyl (C=O) groups is 1. The maximum atomic E-state index is 12.5. The summed E-state index contributed by atoms with van der Waals surface area (Å²) in [5.41, 5.74) is 3.51. The molecule has 0 unspecified atom stereocenters. The number of aromatic nitrogens is 4. The minimum Gasteiger partial charge on any atom is -0.293 e. The molecular formula is C14H16N4OS. The van der Waals surface area contributed by atoms with Gasteiger partial charge in [-0.05, 0) is 53.8 Å². The third kappa shape index (κ3) is 2.47. The van der Waals surface area contributed by atoms with Crippen LogP contribution in [0.1, 0.15) is 34.8 Å². The number of nitrogens with zero attached hydrogens (tertiary/aromatic N) is 4. The van der Waals surface area contributed by atoms with E-state index in [1.165, 1.54) is 29.3 Å². The first-order chi connectivity index (χ1) is 9.65. The molecule has 6 heteroatoms. The molecule has 1 aliphatic rings. The first-order valence-corrected chi connectivity index (χ1v) is 7.58. The highest BCUT2D eigenvalue weighted by atomic mass is 32.2. The van der Waals surface area contributed by atoms with Crippen LogP contribution in [-0.4, -0.2) is 31.2 Å². The molecule has 1 aliphatic carbocycles. The Balaban J connectivity index is 1.76. The van der Waals surface area contributed by atoms with Gasteiger partial charge in [-0.2, -0.15) is 0 Å². The van der Waals surface area contributed by atoms with Crippen molar-refractivity contribution in [3.63, 3.8) is 0 Å². The summed E-state index contributed by atoms with van der Waals surface area (Å²) in [4.78, 5) is 12.5. The van der Waals surface area contributed by atoms with Crippen molar-refractivity contribution in [3.8, 4) is 0 Å². The zero-order chi connectivity index (χ0) is 14.1. The van der Waals surface area contributed by atoms with Crippen LogP contribution in [0, 0.1) is 0 Å². The predicted octanol–water partition coefficient (Wildman–Crippen LogP) is 2.06. The van der Waals surface area contributed by atoms with Gasteiger partial charge in [0, 0.05) is 12.6 Å². The Labute approximate surface area is 121 Å². The summed E-state index contributed by atoms with van der Waals surface area (Å²) in [6.07, 6.45) is 3.42. The van der Waals surface area contributed by atoms with Crippen LogP contribution in [0.3, 0.4) is 0 Å². The summed E-state index contributed by atoms with van der Waals surface area (Å²) in [6.45, 7) is 1.90. The van der Waals surface area contributed by atoms with Crippen molar-refractivity contribution < 1.29 is 4.79 Å². The summed E-state index contributed by atoms with van der Waals surface area (Å²) in [5.74, 6) is 0.132. The molecule has 0 saturated carbocycles. The van der Waals surface area contributed by atoms with E-state index in [2.05, 4.69) is 27.7 Å². The van der Waals surface area contributed by atoms with Crippen molar-refractivity contribution in [2.45, 2.75) is 36.6 Å². The van der Waals surface area contributed by atoms with Crippen LogP contribution >= 0.6 is 11.8 Å². The molecule has 0 spiro atoms. The standard InChI is InChI=1S/C14H16N4OS/c1-9(20-14-15-16-17-18(14)2)13(19)12-7-6-10-4-3-5-11(10)8-12/h6-9H,3-5H2,1-2H3/t9-/m0/s1. The number of carbonyl (C=O) groups excluding carboxylic acids is 1. The first kappa shape index (κ1) is 13.3. The molecule has 1 aromatic carbocycles. The van der Waals surface area contributed by atoms with Gasteiger partial charge in [-0.25, -0.2) is 4.68 Å². The van der Waals surface area contributed by atoms with E-state index in [1.54, 1.807) is 11.7 Å². The number of hydrogen-bond acceptors (Lipinski definition) is 5. The fraction of sp³-hybridized carbons (Fsp3) is 0.429. The molecule has 0 bridgehead atoms. The zero-order valence-electron chi connectivity index (χ0n) is 11.5. The van der Waals surface area contributed by atoms with Gasteiger partial charge in [-0.1, -0.05) is 23.9 Å². The molecule has 1 heterocycles. The molecular weight excluding hydrogens is 272 g/mol. The molecule has 1 aromatic heterocycles. The van der Waals surface area contributed by atoms with Gasteiger partial charge in [0.2, 0.25) is 5.16 Å². The van der Waals surface area contributed by atoms with Gasteiger partial charge in [0.25, 0.3) is 0 Å². The number of fused-ring (bicyclic) bond motifs is 1. The summed E-state index contributed by atoms with van der Waals surface area (Å²) >= 11 is 1.39. The van der Waals surface area contributed by atoms with Crippen LogP contribution in [0.4, 0.5) is 0 Å². The van der Waals surface area contributed by atoms with Gasteiger partial charge in [0.15, 0.2) is 5.78 Å². The molecule has 0 fully saturated rings. The second-order valence-corrected chi connectivity index (χ2v) is 6.35. The highest BCUT2D eigenvalue weighted by Gasteiger charge is 2.21. The molecule has 0 radical (unpaired) electrons. The highest BCUT2D eigenvalue weighted by molar-refractivity contribution is 8.00. The lowest BCUT2D eigenvalue weighted by Gasteiger charge is -2.10. The van der Waals surface area contributed by atoms with Gasteiger partial charge >= 0.3 is 0 Å². The summed E-state index contributed by atoms with van der Waals surface area (Å²) in [5, 5.41) is 11.7. The third-order valence-electron chi connectivity index (χ3n) is 3.62.